The molecule has 1 N–H and O–H groups in total. The first-order chi connectivity index (χ1) is 16.1. The molecule has 2 aromatic rings. The van der Waals surface area contributed by atoms with E-state index in [-0.39, 0.29) is 17.5 Å². The number of hydrogen-bond acceptors (Lipinski definition) is 6. The average molecular weight is 481 g/mol. The molecule has 3 rings (SSSR count). The van der Waals surface area contributed by atoms with Crippen molar-refractivity contribution in [1.29, 1.82) is 0 Å². The largest absolute Gasteiger partial charge is 0.493 e. The molecule has 8 nitrogen and oxygen atoms in total. The molecule has 184 valence electrons. The van der Waals surface area contributed by atoms with Crippen molar-refractivity contribution in [3.63, 3.8) is 0 Å². The summed E-state index contributed by atoms with van der Waals surface area (Å²) in [5, 5.41) is 14.3. The van der Waals surface area contributed by atoms with Crippen molar-refractivity contribution in [1.82, 2.24) is 5.32 Å². The van der Waals surface area contributed by atoms with Gasteiger partial charge in [0.05, 0.1) is 24.2 Å². The van der Waals surface area contributed by atoms with E-state index in [1.807, 2.05) is 13.0 Å². The molecule has 11 heteroatoms. The molecule has 0 unspecified atom stereocenters. The first-order valence-electron chi connectivity index (χ1n) is 10.8. The number of methoxy groups -OCH3 is 1. The van der Waals surface area contributed by atoms with Gasteiger partial charge in [0, 0.05) is 31.6 Å². The van der Waals surface area contributed by atoms with Gasteiger partial charge in [-0.1, -0.05) is 6.07 Å². The fraction of sp³-hybridized carbons (Fsp3) is 0.435. The quantitative estimate of drug-likeness (QED) is 0.439. The Labute approximate surface area is 194 Å². The Morgan fingerprint density at radius 1 is 1.18 bits per heavy atom. The molecule has 0 saturated carbocycles. The molecule has 0 radical (unpaired) electrons. The molecule has 0 atom stereocenters. The lowest BCUT2D eigenvalue weighted by molar-refractivity contribution is -0.384. The van der Waals surface area contributed by atoms with Gasteiger partial charge < -0.3 is 19.7 Å². The Kier molecular flexibility index (Phi) is 7.85. The van der Waals surface area contributed by atoms with Crippen molar-refractivity contribution in [2.45, 2.75) is 32.5 Å². The van der Waals surface area contributed by atoms with E-state index in [1.54, 1.807) is 17.0 Å². The number of anilines is 1. The predicted molar refractivity (Wildman–Crippen MR) is 119 cm³/mol. The Balaban J connectivity index is 1.60. The van der Waals surface area contributed by atoms with Crippen LogP contribution in [0.15, 0.2) is 36.4 Å². The number of nitrogens with zero attached hydrogens (tertiary/aromatic N) is 2. The van der Waals surface area contributed by atoms with Gasteiger partial charge in [0.25, 0.3) is 5.69 Å². The highest BCUT2D eigenvalue weighted by molar-refractivity contribution is 5.79. The molecule has 1 fully saturated rings. The standard InChI is InChI=1S/C23H26F3N3O5/c1-3-34-20-7-4-15(12-21(20)33-2)14-27-22(30)16-8-10-28(11-9-16)18-6-5-17(23(24,25)26)13-19(18)29(31)32/h4-7,12-13,16H,3,8-11,14H2,1-2H3,(H,27,30). The third-order valence-corrected chi connectivity index (χ3v) is 5.70. The molecule has 1 saturated heterocycles. The lowest BCUT2D eigenvalue weighted by Crippen LogP contribution is -2.40. The molecule has 34 heavy (non-hydrogen) atoms. The van der Waals surface area contributed by atoms with Crippen LogP contribution < -0.4 is 19.7 Å². The van der Waals surface area contributed by atoms with Crippen LogP contribution in [0.5, 0.6) is 11.5 Å². The maximum Gasteiger partial charge on any atom is 0.416 e. The number of ether oxygens (including phenoxy) is 2. The number of alkyl halides is 3. The first-order valence-corrected chi connectivity index (χ1v) is 10.8. The Bertz CT molecular complexity index is 1040. The number of carbonyl (C=O) groups is 1. The van der Waals surface area contributed by atoms with E-state index < -0.39 is 22.4 Å². The summed E-state index contributed by atoms with van der Waals surface area (Å²) in [5.74, 6) is 0.744. The van der Waals surface area contributed by atoms with Crippen molar-refractivity contribution < 1.29 is 32.4 Å². The molecule has 0 bridgehead atoms. The number of nitro groups is 1. The summed E-state index contributed by atoms with van der Waals surface area (Å²) >= 11 is 0. The minimum atomic E-state index is -4.66. The van der Waals surface area contributed by atoms with Crippen LogP contribution in [0.3, 0.4) is 0 Å². The van der Waals surface area contributed by atoms with E-state index in [4.69, 9.17) is 9.47 Å². The molecular weight excluding hydrogens is 455 g/mol. The second kappa shape index (κ2) is 10.6. The summed E-state index contributed by atoms with van der Waals surface area (Å²) in [4.78, 5) is 24.9. The summed E-state index contributed by atoms with van der Waals surface area (Å²) in [6.07, 6.45) is -3.81. The molecule has 1 aliphatic rings. The van der Waals surface area contributed by atoms with E-state index >= 15 is 0 Å². The smallest absolute Gasteiger partial charge is 0.416 e. The average Bonchev–Trinajstić information content (AvgIpc) is 2.82. The van der Waals surface area contributed by atoms with Gasteiger partial charge in [-0.2, -0.15) is 13.2 Å². The van der Waals surface area contributed by atoms with Crippen molar-refractivity contribution in [3.05, 3.63) is 57.6 Å². The van der Waals surface area contributed by atoms with Crippen LogP contribution in [0.25, 0.3) is 0 Å². The highest BCUT2D eigenvalue weighted by Crippen LogP contribution is 2.37. The van der Waals surface area contributed by atoms with Crippen LogP contribution in [-0.2, 0) is 17.5 Å². The number of benzene rings is 2. The zero-order valence-electron chi connectivity index (χ0n) is 18.9. The van der Waals surface area contributed by atoms with Gasteiger partial charge in [-0.3, -0.25) is 14.9 Å². The zero-order valence-corrected chi connectivity index (χ0v) is 18.9. The first kappa shape index (κ1) is 25.1. The molecule has 1 amide bonds. The minimum absolute atomic E-state index is 0.123. The van der Waals surface area contributed by atoms with Crippen LogP contribution >= 0.6 is 0 Å². The maximum atomic E-state index is 12.9. The topological polar surface area (TPSA) is 93.9 Å². The summed E-state index contributed by atoms with van der Waals surface area (Å²) < 4.78 is 49.6. The normalized spacial score (nSPS) is 14.6. The third kappa shape index (κ3) is 5.89. The molecule has 0 aromatic heterocycles. The lowest BCUT2D eigenvalue weighted by Gasteiger charge is -2.32. The van der Waals surface area contributed by atoms with Gasteiger partial charge in [0.2, 0.25) is 5.91 Å². The van der Waals surface area contributed by atoms with Crippen LogP contribution in [-0.4, -0.2) is 37.6 Å². The van der Waals surface area contributed by atoms with Crippen molar-refractivity contribution in [2.75, 3.05) is 31.7 Å². The van der Waals surface area contributed by atoms with Crippen molar-refractivity contribution in [2.24, 2.45) is 5.92 Å². The number of halogens is 3. The number of rotatable bonds is 8. The van der Waals surface area contributed by atoms with E-state index in [9.17, 15) is 28.1 Å². The van der Waals surface area contributed by atoms with Gasteiger partial charge in [0.1, 0.15) is 5.69 Å². The summed E-state index contributed by atoms with van der Waals surface area (Å²) in [6, 6.07) is 7.92. The highest BCUT2D eigenvalue weighted by atomic mass is 19.4. The van der Waals surface area contributed by atoms with E-state index in [2.05, 4.69) is 5.32 Å². The van der Waals surface area contributed by atoms with Crippen molar-refractivity contribution in [3.8, 4) is 11.5 Å². The highest BCUT2D eigenvalue weighted by Gasteiger charge is 2.34. The molecule has 1 aliphatic heterocycles. The maximum absolute atomic E-state index is 12.9. The van der Waals surface area contributed by atoms with Crippen LogP contribution in [0, 0.1) is 16.0 Å². The summed E-state index contributed by atoms with van der Waals surface area (Å²) in [6.45, 7) is 3.31. The minimum Gasteiger partial charge on any atom is -0.493 e. The van der Waals surface area contributed by atoms with Crippen LogP contribution in [0.4, 0.5) is 24.5 Å². The second-order valence-corrected chi connectivity index (χ2v) is 7.86. The Morgan fingerprint density at radius 3 is 2.47 bits per heavy atom. The fourth-order valence-electron chi connectivity index (χ4n) is 3.93. The monoisotopic (exact) mass is 481 g/mol. The number of amides is 1. The number of nitro benzene ring substituents is 1. The van der Waals surface area contributed by atoms with E-state index in [0.717, 1.165) is 17.7 Å². The summed E-state index contributed by atoms with van der Waals surface area (Å²) in [5.41, 5.74) is -0.699. The lowest BCUT2D eigenvalue weighted by atomic mass is 9.95. The summed E-state index contributed by atoms with van der Waals surface area (Å²) in [7, 11) is 1.54. The molecule has 1 heterocycles. The fourth-order valence-corrected chi connectivity index (χ4v) is 3.93. The molecule has 0 aliphatic carbocycles. The van der Waals surface area contributed by atoms with Gasteiger partial charge in [0.15, 0.2) is 11.5 Å². The number of nitrogens with one attached hydrogen (secondary N) is 1. The molecule has 2 aromatic carbocycles. The molecular formula is C23H26F3N3O5. The number of carbonyl (C=O) groups excluding carboxylic acids is 1. The van der Waals surface area contributed by atoms with Gasteiger partial charge in [-0.15, -0.1) is 0 Å². The zero-order chi connectivity index (χ0) is 24.9. The Morgan fingerprint density at radius 2 is 1.88 bits per heavy atom. The van der Waals surface area contributed by atoms with E-state index in [0.29, 0.717) is 56.6 Å². The van der Waals surface area contributed by atoms with Gasteiger partial charge >= 0.3 is 6.18 Å². The van der Waals surface area contributed by atoms with Gasteiger partial charge in [-0.25, -0.2) is 0 Å². The number of piperidine rings is 1. The van der Waals surface area contributed by atoms with Gasteiger partial charge in [-0.05, 0) is 49.6 Å². The third-order valence-electron chi connectivity index (χ3n) is 5.70. The van der Waals surface area contributed by atoms with E-state index in [1.165, 1.54) is 7.11 Å². The SMILES string of the molecule is CCOc1ccc(CNC(=O)C2CCN(c3ccc(C(F)(F)F)cc3[N+](=O)[O-])CC2)cc1OC. The number of hydrogen-bond donors (Lipinski definition) is 1. The Hall–Kier alpha value is -3.50. The second-order valence-electron chi connectivity index (χ2n) is 7.86. The van der Waals surface area contributed by atoms with Crippen molar-refractivity contribution >= 4 is 17.3 Å². The van der Waals surface area contributed by atoms with Crippen LogP contribution in [0.1, 0.15) is 30.9 Å². The predicted octanol–water partition coefficient (Wildman–Crippen LogP) is 4.55. The van der Waals surface area contributed by atoms with Crippen LogP contribution in [0.2, 0.25) is 0 Å². The molecule has 0 spiro atoms.